The van der Waals surface area contributed by atoms with Gasteiger partial charge in [0.05, 0.1) is 0 Å². The van der Waals surface area contributed by atoms with Crippen molar-refractivity contribution in [3.05, 3.63) is 22.4 Å². The van der Waals surface area contributed by atoms with Crippen molar-refractivity contribution in [1.82, 2.24) is 20.4 Å². The quantitative estimate of drug-likeness (QED) is 0.233. The Bertz CT molecular complexity index is 524. The molecule has 5 nitrogen and oxygen atoms in total. The number of unbranched alkanes of at least 4 members (excludes halogenated alkanes) is 1. The van der Waals surface area contributed by atoms with Crippen LogP contribution in [0.4, 0.5) is 0 Å². The van der Waals surface area contributed by atoms with E-state index in [2.05, 4.69) is 63.7 Å². The predicted molar refractivity (Wildman–Crippen MR) is 130 cm³/mol. The van der Waals surface area contributed by atoms with Gasteiger partial charge in [-0.1, -0.05) is 26.8 Å². The summed E-state index contributed by atoms with van der Waals surface area (Å²) >= 11 is 1.82. The molecule has 1 fully saturated rings. The average molecular weight is 508 g/mol. The van der Waals surface area contributed by atoms with Crippen LogP contribution < -0.4 is 10.6 Å². The molecular formula is C20H38IN5S. The zero-order chi connectivity index (χ0) is 18.8. The van der Waals surface area contributed by atoms with Crippen molar-refractivity contribution in [2.24, 2.45) is 4.99 Å². The van der Waals surface area contributed by atoms with Gasteiger partial charge in [0.2, 0.25) is 0 Å². The number of nitrogens with zero attached hydrogens (tertiary/aromatic N) is 3. The molecule has 1 saturated heterocycles. The van der Waals surface area contributed by atoms with Crippen LogP contribution in [0.3, 0.4) is 0 Å². The fourth-order valence-corrected chi connectivity index (χ4v) is 4.12. The van der Waals surface area contributed by atoms with Gasteiger partial charge in [0.25, 0.3) is 0 Å². The van der Waals surface area contributed by atoms with Gasteiger partial charge in [-0.25, -0.2) is 0 Å². The van der Waals surface area contributed by atoms with E-state index in [0.29, 0.717) is 0 Å². The van der Waals surface area contributed by atoms with E-state index in [0.717, 1.165) is 19.0 Å². The van der Waals surface area contributed by atoms with E-state index in [9.17, 15) is 0 Å². The maximum atomic E-state index is 4.36. The summed E-state index contributed by atoms with van der Waals surface area (Å²) in [6.45, 7) is 16.0. The van der Waals surface area contributed by atoms with E-state index in [1.807, 2.05) is 18.4 Å². The van der Waals surface area contributed by atoms with Gasteiger partial charge in [-0.3, -0.25) is 4.99 Å². The van der Waals surface area contributed by atoms with Crippen molar-refractivity contribution in [1.29, 1.82) is 0 Å². The van der Waals surface area contributed by atoms with Crippen molar-refractivity contribution >= 4 is 41.3 Å². The van der Waals surface area contributed by atoms with Crippen molar-refractivity contribution in [2.45, 2.75) is 39.0 Å². The first-order valence-corrected chi connectivity index (χ1v) is 10.9. The molecule has 1 aromatic heterocycles. The summed E-state index contributed by atoms with van der Waals surface area (Å²) in [6, 6.07) is 4.33. The number of hydrogen-bond acceptors (Lipinski definition) is 4. The smallest absolute Gasteiger partial charge is 0.191 e. The normalized spacial score (nSPS) is 16.8. The minimum atomic E-state index is 0. The molecule has 0 aromatic carbocycles. The molecule has 0 saturated carbocycles. The Morgan fingerprint density at radius 2 is 1.85 bits per heavy atom. The molecule has 2 N–H and O–H groups in total. The molecule has 0 amide bonds. The first-order valence-electron chi connectivity index (χ1n) is 9.98. The fourth-order valence-electron chi connectivity index (χ4n) is 3.27. The Labute approximate surface area is 187 Å². The third-order valence-corrected chi connectivity index (χ3v) is 6.45. The van der Waals surface area contributed by atoms with Gasteiger partial charge in [-0.05, 0) is 37.4 Å². The molecule has 0 aliphatic carbocycles. The molecule has 156 valence electrons. The molecule has 1 aromatic rings. The SMILES string of the molecule is CCN1CCN(CCCCNC(=NC)NCC(C)(C)c2cccs2)CC1.I. The monoisotopic (exact) mass is 507 g/mol. The van der Waals surface area contributed by atoms with Crippen LogP contribution >= 0.6 is 35.3 Å². The molecule has 0 unspecified atom stereocenters. The second kappa shape index (κ2) is 13.0. The number of nitrogens with one attached hydrogen (secondary N) is 2. The molecule has 1 aliphatic rings. The molecule has 0 spiro atoms. The first kappa shape index (κ1) is 24.7. The van der Waals surface area contributed by atoms with Crippen molar-refractivity contribution in [3.8, 4) is 0 Å². The van der Waals surface area contributed by atoms with Gasteiger partial charge in [-0.15, -0.1) is 35.3 Å². The Kier molecular flexibility index (Phi) is 11.8. The summed E-state index contributed by atoms with van der Waals surface area (Å²) in [5.41, 5.74) is 0.117. The van der Waals surface area contributed by atoms with Crippen molar-refractivity contribution in [3.63, 3.8) is 0 Å². The van der Waals surface area contributed by atoms with E-state index >= 15 is 0 Å². The lowest BCUT2D eigenvalue weighted by atomic mass is 9.91. The molecular weight excluding hydrogens is 469 g/mol. The lowest BCUT2D eigenvalue weighted by Gasteiger charge is -2.34. The van der Waals surface area contributed by atoms with Crippen LogP contribution in [0.25, 0.3) is 0 Å². The van der Waals surface area contributed by atoms with E-state index < -0.39 is 0 Å². The Hall–Kier alpha value is -0.380. The number of halogens is 1. The van der Waals surface area contributed by atoms with Gasteiger partial charge in [-0.2, -0.15) is 0 Å². The molecule has 7 heteroatoms. The maximum absolute atomic E-state index is 4.36. The topological polar surface area (TPSA) is 42.9 Å². The van der Waals surface area contributed by atoms with Crippen LogP contribution in [0.2, 0.25) is 0 Å². The number of piperazine rings is 1. The standard InChI is InChI=1S/C20H37N5S.HI/c1-5-24-12-14-25(15-13-24)11-7-6-10-22-19(21-4)23-17-20(2,3)18-9-8-16-26-18;/h8-9,16H,5-7,10-15,17H2,1-4H3,(H2,21,22,23);1H. The van der Waals surface area contributed by atoms with Crippen LogP contribution in [0.1, 0.15) is 38.5 Å². The van der Waals surface area contributed by atoms with Gasteiger partial charge < -0.3 is 20.4 Å². The zero-order valence-corrected chi connectivity index (χ0v) is 20.6. The highest BCUT2D eigenvalue weighted by atomic mass is 127. The lowest BCUT2D eigenvalue weighted by Crippen LogP contribution is -2.46. The van der Waals surface area contributed by atoms with E-state index in [4.69, 9.17) is 0 Å². The second-order valence-electron chi connectivity index (χ2n) is 7.70. The molecule has 2 heterocycles. The Morgan fingerprint density at radius 1 is 1.15 bits per heavy atom. The summed E-state index contributed by atoms with van der Waals surface area (Å²) in [7, 11) is 1.85. The molecule has 0 radical (unpaired) electrons. The van der Waals surface area contributed by atoms with Gasteiger partial charge >= 0.3 is 0 Å². The number of rotatable bonds is 9. The third kappa shape index (κ3) is 8.66. The number of likely N-dealkylation sites (N-methyl/N-ethyl adjacent to an activating group) is 1. The summed E-state index contributed by atoms with van der Waals surface area (Å²) in [5.74, 6) is 0.909. The maximum Gasteiger partial charge on any atom is 0.191 e. The van der Waals surface area contributed by atoms with E-state index in [1.54, 1.807) is 0 Å². The Morgan fingerprint density at radius 3 is 2.44 bits per heavy atom. The third-order valence-electron chi connectivity index (χ3n) is 5.22. The molecule has 2 rings (SSSR count). The highest BCUT2D eigenvalue weighted by Gasteiger charge is 2.21. The summed E-state index contributed by atoms with van der Waals surface area (Å²) in [5, 5.41) is 9.08. The average Bonchev–Trinajstić information content (AvgIpc) is 3.20. The van der Waals surface area contributed by atoms with Crippen LogP contribution in [0, 0.1) is 0 Å². The lowest BCUT2D eigenvalue weighted by molar-refractivity contribution is 0.136. The van der Waals surface area contributed by atoms with Crippen LogP contribution in [0.5, 0.6) is 0 Å². The zero-order valence-electron chi connectivity index (χ0n) is 17.5. The molecule has 27 heavy (non-hydrogen) atoms. The number of guanidine groups is 1. The summed E-state index contributed by atoms with van der Waals surface area (Å²) < 4.78 is 0. The highest BCUT2D eigenvalue weighted by Crippen LogP contribution is 2.26. The minimum Gasteiger partial charge on any atom is -0.356 e. The molecule has 1 aliphatic heterocycles. The highest BCUT2D eigenvalue weighted by molar-refractivity contribution is 14.0. The van der Waals surface area contributed by atoms with Gasteiger partial charge in [0.1, 0.15) is 0 Å². The Balaban J connectivity index is 0.00000364. The largest absolute Gasteiger partial charge is 0.356 e. The summed E-state index contributed by atoms with van der Waals surface area (Å²) in [4.78, 5) is 10.9. The fraction of sp³-hybridized carbons (Fsp3) is 0.750. The van der Waals surface area contributed by atoms with Gasteiger partial charge in [0.15, 0.2) is 5.96 Å². The second-order valence-corrected chi connectivity index (χ2v) is 8.64. The molecule has 0 atom stereocenters. The first-order chi connectivity index (χ1) is 12.5. The number of thiophene rings is 1. The van der Waals surface area contributed by atoms with E-state index in [1.165, 1.54) is 57.0 Å². The van der Waals surface area contributed by atoms with Crippen LogP contribution in [-0.4, -0.2) is 75.2 Å². The summed E-state index contributed by atoms with van der Waals surface area (Å²) in [6.07, 6.45) is 2.43. The van der Waals surface area contributed by atoms with Crippen molar-refractivity contribution in [2.75, 3.05) is 59.4 Å². The van der Waals surface area contributed by atoms with Crippen molar-refractivity contribution < 1.29 is 0 Å². The predicted octanol–water partition coefficient (Wildman–Crippen LogP) is 3.23. The minimum absolute atomic E-state index is 0. The van der Waals surface area contributed by atoms with Crippen LogP contribution in [-0.2, 0) is 5.41 Å². The number of hydrogen-bond donors (Lipinski definition) is 2. The number of aliphatic imine (C=N–C) groups is 1. The van der Waals surface area contributed by atoms with E-state index in [-0.39, 0.29) is 29.4 Å². The van der Waals surface area contributed by atoms with Crippen LogP contribution in [0.15, 0.2) is 22.5 Å². The molecule has 0 bridgehead atoms. The van der Waals surface area contributed by atoms with Gasteiger partial charge in [0, 0.05) is 56.6 Å².